The zero-order chi connectivity index (χ0) is 15.7. The Hall–Kier alpha value is -1.80. The summed E-state index contributed by atoms with van der Waals surface area (Å²) < 4.78 is 23.0. The molecule has 20 heavy (non-hydrogen) atoms. The summed E-state index contributed by atoms with van der Waals surface area (Å²) in [6.45, 7) is 3.29. The minimum absolute atomic E-state index is 0.0514. The van der Waals surface area contributed by atoms with Crippen LogP contribution in [0.4, 0.5) is 11.4 Å². The minimum Gasteiger partial charge on any atom is -0.399 e. The summed E-state index contributed by atoms with van der Waals surface area (Å²) in [4.78, 5) is 13.2. The number of carbonyl (C=O) groups is 1. The third-order valence-electron chi connectivity index (χ3n) is 2.87. The quantitative estimate of drug-likeness (QED) is 0.682. The van der Waals surface area contributed by atoms with Crippen LogP contribution < -0.4 is 16.2 Å². The maximum absolute atomic E-state index is 11.8. The van der Waals surface area contributed by atoms with Gasteiger partial charge in [0.1, 0.15) is 6.04 Å². The third kappa shape index (κ3) is 3.61. The van der Waals surface area contributed by atoms with Crippen molar-refractivity contribution >= 4 is 27.3 Å². The molecule has 0 saturated carbocycles. The summed E-state index contributed by atoms with van der Waals surface area (Å²) in [5, 5.41) is 8.10. The maximum atomic E-state index is 11.8. The first-order valence-corrected chi connectivity index (χ1v) is 7.49. The van der Waals surface area contributed by atoms with Crippen molar-refractivity contribution in [3.05, 3.63) is 17.7 Å². The number of nitrogens with zero attached hydrogens (tertiary/aromatic N) is 1. The molecule has 0 spiro atoms. The Morgan fingerprint density at radius 2 is 1.90 bits per heavy atom. The predicted octanol–water partition coefficient (Wildman–Crippen LogP) is 0.113. The monoisotopic (exact) mass is 300 g/mol. The van der Waals surface area contributed by atoms with Crippen LogP contribution in [0.25, 0.3) is 0 Å². The summed E-state index contributed by atoms with van der Waals surface area (Å²) in [6.07, 6.45) is 0. The lowest BCUT2D eigenvalue weighted by molar-refractivity contribution is -0.129. The van der Waals surface area contributed by atoms with Crippen LogP contribution in [0.1, 0.15) is 12.5 Å². The standard InChI is InChI=1S/C12H20N4O3S/c1-7-10(15-8(2)12(17)16(3)4)5-9(13)6-11(7)20(14,18)19/h5-6,8,15H,13H2,1-4H3,(H2,14,18,19). The molecule has 0 fully saturated rings. The molecule has 1 aromatic rings. The highest BCUT2D eigenvalue weighted by atomic mass is 32.2. The second kappa shape index (κ2) is 5.68. The van der Waals surface area contributed by atoms with Crippen molar-refractivity contribution in [2.45, 2.75) is 24.8 Å². The summed E-state index contributed by atoms with van der Waals surface area (Å²) >= 11 is 0. The molecular formula is C12H20N4O3S. The molecule has 1 rings (SSSR count). The van der Waals surface area contributed by atoms with Gasteiger partial charge in [-0.15, -0.1) is 0 Å². The first-order valence-electron chi connectivity index (χ1n) is 5.94. The van der Waals surface area contributed by atoms with Gasteiger partial charge in [-0.3, -0.25) is 4.79 Å². The highest BCUT2D eigenvalue weighted by Crippen LogP contribution is 2.26. The van der Waals surface area contributed by atoms with E-state index in [1.54, 1.807) is 34.0 Å². The van der Waals surface area contributed by atoms with Crippen molar-refractivity contribution in [1.82, 2.24) is 4.90 Å². The molecule has 0 aromatic heterocycles. The molecule has 0 saturated heterocycles. The Balaban J connectivity index is 3.21. The van der Waals surface area contributed by atoms with E-state index in [4.69, 9.17) is 10.9 Å². The Bertz CT molecular complexity index is 626. The van der Waals surface area contributed by atoms with Gasteiger partial charge >= 0.3 is 0 Å². The van der Waals surface area contributed by atoms with E-state index in [0.29, 0.717) is 11.3 Å². The number of anilines is 2. The second-order valence-corrected chi connectivity index (χ2v) is 6.37. The van der Waals surface area contributed by atoms with Crippen molar-refractivity contribution < 1.29 is 13.2 Å². The highest BCUT2D eigenvalue weighted by molar-refractivity contribution is 7.89. The molecular weight excluding hydrogens is 280 g/mol. The van der Waals surface area contributed by atoms with Crippen molar-refractivity contribution in [3.63, 3.8) is 0 Å². The third-order valence-corrected chi connectivity index (χ3v) is 3.91. The Morgan fingerprint density at radius 3 is 2.35 bits per heavy atom. The topological polar surface area (TPSA) is 119 Å². The van der Waals surface area contributed by atoms with Gasteiger partial charge in [-0.1, -0.05) is 0 Å². The molecule has 1 unspecified atom stereocenters. The molecule has 0 bridgehead atoms. The van der Waals surface area contributed by atoms with E-state index in [9.17, 15) is 13.2 Å². The van der Waals surface area contributed by atoms with Gasteiger partial charge in [0, 0.05) is 25.5 Å². The molecule has 0 aliphatic carbocycles. The number of amides is 1. The van der Waals surface area contributed by atoms with Gasteiger partial charge in [0.2, 0.25) is 15.9 Å². The van der Waals surface area contributed by atoms with Crippen LogP contribution >= 0.6 is 0 Å². The molecule has 5 N–H and O–H groups in total. The van der Waals surface area contributed by atoms with E-state index in [1.807, 2.05) is 0 Å². The van der Waals surface area contributed by atoms with E-state index in [-0.39, 0.29) is 16.5 Å². The van der Waals surface area contributed by atoms with E-state index >= 15 is 0 Å². The molecule has 0 aliphatic heterocycles. The van der Waals surface area contributed by atoms with Crippen molar-refractivity contribution in [3.8, 4) is 0 Å². The van der Waals surface area contributed by atoms with E-state index < -0.39 is 16.1 Å². The molecule has 0 aliphatic rings. The van der Waals surface area contributed by atoms with Gasteiger partial charge in [0.25, 0.3) is 0 Å². The number of nitrogen functional groups attached to an aromatic ring is 1. The SMILES string of the molecule is Cc1c(NC(C)C(=O)N(C)C)cc(N)cc1S(N)(=O)=O. The Labute approximate surface area is 119 Å². The van der Waals surface area contributed by atoms with Gasteiger partial charge in [0.05, 0.1) is 4.90 Å². The summed E-state index contributed by atoms with van der Waals surface area (Å²) in [6, 6.07) is 2.36. The lowest BCUT2D eigenvalue weighted by Crippen LogP contribution is -2.36. The van der Waals surface area contributed by atoms with E-state index in [1.165, 1.54) is 11.0 Å². The number of nitrogens with two attached hydrogens (primary N) is 2. The number of nitrogens with one attached hydrogen (secondary N) is 1. The van der Waals surface area contributed by atoms with Crippen molar-refractivity contribution in [2.24, 2.45) is 5.14 Å². The average molecular weight is 300 g/mol. The number of likely N-dealkylation sites (N-methyl/N-ethyl adjacent to an activating group) is 1. The van der Waals surface area contributed by atoms with Crippen LogP contribution in [-0.4, -0.2) is 39.4 Å². The fourth-order valence-electron chi connectivity index (χ4n) is 1.84. The van der Waals surface area contributed by atoms with Crippen LogP contribution in [0, 0.1) is 6.92 Å². The average Bonchev–Trinajstić information content (AvgIpc) is 2.30. The lowest BCUT2D eigenvalue weighted by Gasteiger charge is -2.21. The molecule has 1 amide bonds. The molecule has 1 aromatic carbocycles. The lowest BCUT2D eigenvalue weighted by atomic mass is 10.1. The summed E-state index contributed by atoms with van der Waals surface area (Å²) in [5.74, 6) is -0.135. The molecule has 112 valence electrons. The first kappa shape index (κ1) is 16.3. The second-order valence-electron chi connectivity index (χ2n) is 4.84. The first-order chi connectivity index (χ1) is 9.04. The van der Waals surface area contributed by atoms with Gasteiger partial charge in [-0.25, -0.2) is 13.6 Å². The number of rotatable bonds is 4. The van der Waals surface area contributed by atoms with E-state index in [0.717, 1.165) is 0 Å². The number of primary sulfonamides is 1. The Morgan fingerprint density at radius 1 is 1.35 bits per heavy atom. The Kier molecular flexibility index (Phi) is 4.61. The fourth-order valence-corrected chi connectivity index (χ4v) is 2.67. The number of carbonyl (C=O) groups excluding carboxylic acids is 1. The van der Waals surface area contributed by atoms with Crippen LogP contribution in [0.15, 0.2) is 17.0 Å². The molecule has 0 heterocycles. The molecule has 0 radical (unpaired) electrons. The number of hydrogen-bond acceptors (Lipinski definition) is 5. The zero-order valence-electron chi connectivity index (χ0n) is 12.0. The van der Waals surface area contributed by atoms with Crippen molar-refractivity contribution in [1.29, 1.82) is 0 Å². The summed E-state index contributed by atoms with van der Waals surface area (Å²) in [7, 11) is -0.583. The van der Waals surface area contributed by atoms with Crippen LogP contribution in [-0.2, 0) is 14.8 Å². The number of benzene rings is 1. The van der Waals surface area contributed by atoms with Crippen LogP contribution in [0.2, 0.25) is 0 Å². The number of sulfonamides is 1. The van der Waals surface area contributed by atoms with E-state index in [2.05, 4.69) is 5.32 Å². The smallest absolute Gasteiger partial charge is 0.244 e. The highest BCUT2D eigenvalue weighted by Gasteiger charge is 2.19. The largest absolute Gasteiger partial charge is 0.399 e. The maximum Gasteiger partial charge on any atom is 0.244 e. The zero-order valence-corrected chi connectivity index (χ0v) is 12.8. The van der Waals surface area contributed by atoms with Crippen LogP contribution in [0.3, 0.4) is 0 Å². The van der Waals surface area contributed by atoms with Gasteiger partial charge in [-0.2, -0.15) is 0 Å². The van der Waals surface area contributed by atoms with Crippen molar-refractivity contribution in [2.75, 3.05) is 25.1 Å². The molecule has 8 heteroatoms. The fraction of sp³-hybridized carbons (Fsp3) is 0.417. The number of hydrogen-bond donors (Lipinski definition) is 3. The van der Waals surface area contributed by atoms with Crippen LogP contribution in [0.5, 0.6) is 0 Å². The molecule has 1 atom stereocenters. The molecule has 7 nitrogen and oxygen atoms in total. The normalized spacial score (nSPS) is 12.8. The van der Waals surface area contributed by atoms with Gasteiger partial charge < -0.3 is 16.0 Å². The van der Waals surface area contributed by atoms with Gasteiger partial charge in [0.15, 0.2) is 0 Å². The predicted molar refractivity (Wildman–Crippen MR) is 78.7 cm³/mol. The minimum atomic E-state index is -3.87. The van der Waals surface area contributed by atoms with Gasteiger partial charge in [-0.05, 0) is 31.5 Å². The summed E-state index contributed by atoms with van der Waals surface area (Å²) in [5.41, 5.74) is 6.84.